The molecule has 2 fully saturated rings. The third-order valence-electron chi connectivity index (χ3n) is 3.43. The molecule has 0 aromatic heterocycles. The second-order valence-corrected chi connectivity index (χ2v) is 5.69. The molecule has 0 aromatic rings. The molecular weight excluding hydrogens is 208 g/mol. The summed E-state index contributed by atoms with van der Waals surface area (Å²) in [5.41, 5.74) is -1.17. The van der Waals surface area contributed by atoms with Crippen molar-refractivity contribution in [2.75, 3.05) is 6.61 Å². The molecule has 4 nitrogen and oxygen atoms in total. The average Bonchev–Trinajstić information content (AvgIpc) is 2.73. The molecule has 0 bridgehead atoms. The van der Waals surface area contributed by atoms with E-state index >= 15 is 0 Å². The molecule has 2 aliphatic rings. The van der Waals surface area contributed by atoms with Gasteiger partial charge in [0.2, 0.25) is 0 Å². The van der Waals surface area contributed by atoms with Crippen molar-refractivity contribution >= 4 is 5.97 Å². The van der Waals surface area contributed by atoms with Crippen molar-refractivity contribution in [3.63, 3.8) is 0 Å². The van der Waals surface area contributed by atoms with E-state index < -0.39 is 17.3 Å². The first-order valence-corrected chi connectivity index (χ1v) is 5.79. The Morgan fingerprint density at radius 2 is 2.00 bits per heavy atom. The highest BCUT2D eigenvalue weighted by molar-refractivity contribution is 5.80. The number of epoxide rings is 1. The van der Waals surface area contributed by atoms with E-state index in [9.17, 15) is 4.79 Å². The third-order valence-corrected chi connectivity index (χ3v) is 3.43. The van der Waals surface area contributed by atoms with Crippen molar-refractivity contribution in [2.45, 2.75) is 63.9 Å². The maximum absolute atomic E-state index is 11.7. The predicted molar refractivity (Wildman–Crippen MR) is 58.1 cm³/mol. The van der Waals surface area contributed by atoms with Crippen LogP contribution in [0.1, 0.15) is 41.0 Å². The second-order valence-electron chi connectivity index (χ2n) is 5.69. The van der Waals surface area contributed by atoms with Crippen molar-refractivity contribution in [1.29, 1.82) is 0 Å². The Morgan fingerprint density at radius 3 is 2.44 bits per heavy atom. The van der Waals surface area contributed by atoms with Crippen LogP contribution in [0.4, 0.5) is 0 Å². The van der Waals surface area contributed by atoms with Gasteiger partial charge < -0.3 is 14.2 Å². The first-order chi connectivity index (χ1) is 7.24. The lowest BCUT2D eigenvalue weighted by Crippen LogP contribution is -2.39. The van der Waals surface area contributed by atoms with Gasteiger partial charge in [0, 0.05) is 6.42 Å². The van der Waals surface area contributed by atoms with Crippen molar-refractivity contribution in [2.24, 2.45) is 0 Å². The van der Waals surface area contributed by atoms with Gasteiger partial charge in [-0.3, -0.25) is 0 Å². The molecule has 2 unspecified atom stereocenters. The lowest BCUT2D eigenvalue weighted by molar-refractivity contribution is -0.144. The maximum atomic E-state index is 11.7. The summed E-state index contributed by atoms with van der Waals surface area (Å²) in [7, 11) is 0. The Kier molecular flexibility index (Phi) is 2.37. The Balaban J connectivity index is 2.15. The summed E-state index contributed by atoms with van der Waals surface area (Å²) in [6.45, 7) is 10.2. The predicted octanol–water partition coefficient (Wildman–Crippen LogP) is 1.66. The first-order valence-electron chi connectivity index (χ1n) is 5.79. The lowest BCUT2D eigenvalue weighted by atomic mass is 9.84. The van der Waals surface area contributed by atoms with Crippen LogP contribution in [0, 0.1) is 0 Å². The summed E-state index contributed by atoms with van der Waals surface area (Å²) in [5, 5.41) is 0. The monoisotopic (exact) mass is 228 g/mol. The molecule has 2 heterocycles. The van der Waals surface area contributed by atoms with Crippen LogP contribution in [-0.2, 0) is 19.0 Å². The zero-order valence-corrected chi connectivity index (χ0v) is 10.6. The molecule has 0 saturated carbocycles. The molecule has 1 spiro atoms. The van der Waals surface area contributed by atoms with E-state index in [1.54, 1.807) is 6.92 Å². The lowest BCUT2D eigenvalue weighted by Gasteiger charge is -2.25. The van der Waals surface area contributed by atoms with Crippen LogP contribution >= 0.6 is 0 Å². The van der Waals surface area contributed by atoms with Crippen molar-refractivity contribution in [1.82, 2.24) is 0 Å². The van der Waals surface area contributed by atoms with E-state index in [1.165, 1.54) is 0 Å². The highest BCUT2D eigenvalue weighted by Gasteiger charge is 2.75. The van der Waals surface area contributed by atoms with E-state index in [0.29, 0.717) is 6.61 Å². The molecule has 16 heavy (non-hydrogen) atoms. The number of esters is 1. The van der Waals surface area contributed by atoms with E-state index in [0.717, 1.165) is 6.42 Å². The van der Waals surface area contributed by atoms with Crippen LogP contribution in [0.3, 0.4) is 0 Å². The Labute approximate surface area is 96.2 Å². The molecule has 92 valence electrons. The summed E-state index contributed by atoms with van der Waals surface area (Å²) in [5.74, 6) is -0.267. The van der Waals surface area contributed by atoms with Crippen molar-refractivity contribution in [3.8, 4) is 0 Å². The molecule has 0 aromatic carbocycles. The topological polar surface area (TPSA) is 48.1 Å². The number of carbonyl (C=O) groups excluding carboxylic acids is 1. The fraction of sp³-hybridized carbons (Fsp3) is 0.917. The van der Waals surface area contributed by atoms with E-state index in [-0.39, 0.29) is 11.6 Å². The molecule has 0 radical (unpaired) electrons. The van der Waals surface area contributed by atoms with Crippen molar-refractivity contribution in [3.05, 3.63) is 0 Å². The summed E-state index contributed by atoms with van der Waals surface area (Å²) < 4.78 is 16.6. The number of hydrogen-bond acceptors (Lipinski definition) is 4. The highest BCUT2D eigenvalue weighted by Crippen LogP contribution is 2.58. The van der Waals surface area contributed by atoms with Gasteiger partial charge in [-0.25, -0.2) is 4.79 Å². The Bertz CT molecular complexity index is 321. The molecule has 0 aliphatic carbocycles. The van der Waals surface area contributed by atoms with E-state index in [4.69, 9.17) is 14.2 Å². The van der Waals surface area contributed by atoms with Crippen LogP contribution in [-0.4, -0.2) is 35.5 Å². The van der Waals surface area contributed by atoms with E-state index in [1.807, 2.05) is 27.7 Å². The molecule has 2 saturated heterocycles. The minimum Gasteiger partial charge on any atom is -0.464 e. The zero-order valence-electron chi connectivity index (χ0n) is 10.6. The summed E-state index contributed by atoms with van der Waals surface area (Å²) >= 11 is 0. The molecule has 2 rings (SSSR count). The highest BCUT2D eigenvalue weighted by atomic mass is 16.7. The van der Waals surface area contributed by atoms with Gasteiger partial charge in [-0.15, -0.1) is 0 Å². The summed E-state index contributed by atoms with van der Waals surface area (Å²) in [6.07, 6.45) is 0.278. The van der Waals surface area contributed by atoms with Crippen LogP contribution in [0.25, 0.3) is 0 Å². The molecule has 2 atom stereocenters. The largest absolute Gasteiger partial charge is 0.464 e. The van der Waals surface area contributed by atoms with Gasteiger partial charge in [0.05, 0.1) is 17.8 Å². The zero-order chi connectivity index (χ0) is 12.2. The van der Waals surface area contributed by atoms with E-state index in [2.05, 4.69) is 0 Å². The fourth-order valence-electron chi connectivity index (χ4n) is 2.88. The SMILES string of the molecule is CCOC(=O)C1OC12CC(C)(C)OC2(C)C. The van der Waals surface area contributed by atoms with Gasteiger partial charge in [0.1, 0.15) is 5.60 Å². The molecular formula is C12H20O4. The standard InChI is InChI=1S/C12H20O4/c1-6-14-9(13)8-12(15-8)7-10(2,3)16-11(12,4)5/h8H,6-7H2,1-5H3. The quantitative estimate of drug-likeness (QED) is 0.533. The normalized spacial score (nSPS) is 38.7. The molecule has 0 N–H and O–H groups in total. The number of hydrogen-bond donors (Lipinski definition) is 0. The summed E-state index contributed by atoms with van der Waals surface area (Å²) in [4.78, 5) is 11.7. The number of carbonyl (C=O) groups is 1. The van der Waals surface area contributed by atoms with Crippen LogP contribution in [0.5, 0.6) is 0 Å². The molecule has 4 heteroatoms. The van der Waals surface area contributed by atoms with Crippen LogP contribution < -0.4 is 0 Å². The van der Waals surface area contributed by atoms with Gasteiger partial charge >= 0.3 is 5.97 Å². The average molecular weight is 228 g/mol. The smallest absolute Gasteiger partial charge is 0.338 e. The summed E-state index contributed by atoms with van der Waals surface area (Å²) in [6, 6.07) is 0. The third kappa shape index (κ3) is 1.55. The molecule has 0 amide bonds. The Hall–Kier alpha value is -0.610. The Morgan fingerprint density at radius 1 is 1.38 bits per heavy atom. The van der Waals surface area contributed by atoms with Crippen molar-refractivity contribution < 1.29 is 19.0 Å². The van der Waals surface area contributed by atoms with Gasteiger partial charge in [-0.1, -0.05) is 0 Å². The number of rotatable bonds is 2. The van der Waals surface area contributed by atoms with Gasteiger partial charge in [-0.05, 0) is 34.6 Å². The molecule has 2 aliphatic heterocycles. The fourth-order valence-corrected chi connectivity index (χ4v) is 2.88. The minimum atomic E-state index is -0.483. The second kappa shape index (κ2) is 3.20. The minimum absolute atomic E-state index is 0.245. The number of ether oxygens (including phenoxy) is 3. The van der Waals surface area contributed by atoms with Gasteiger partial charge in [-0.2, -0.15) is 0 Å². The van der Waals surface area contributed by atoms with Crippen LogP contribution in [0.15, 0.2) is 0 Å². The first kappa shape index (κ1) is 11.9. The van der Waals surface area contributed by atoms with Crippen LogP contribution in [0.2, 0.25) is 0 Å². The maximum Gasteiger partial charge on any atom is 0.338 e. The van der Waals surface area contributed by atoms with Gasteiger partial charge in [0.25, 0.3) is 0 Å². The van der Waals surface area contributed by atoms with Gasteiger partial charge in [0.15, 0.2) is 6.10 Å².